The number of carbonyl (C=O) groups is 1. The summed E-state index contributed by atoms with van der Waals surface area (Å²) in [7, 11) is 0. The zero-order chi connectivity index (χ0) is 19.9. The van der Waals surface area contributed by atoms with Gasteiger partial charge < -0.3 is 0 Å². The summed E-state index contributed by atoms with van der Waals surface area (Å²) in [6.45, 7) is 17.2. The minimum Gasteiger partial charge on any atom is -0.294 e. The third kappa shape index (κ3) is 7.05. The second-order valence-corrected chi connectivity index (χ2v) is 8.98. The molecule has 0 atom stereocenters. The average molecular weight is 358 g/mol. The lowest BCUT2D eigenvalue weighted by molar-refractivity contribution is -0.118. The average Bonchev–Trinajstić information content (AvgIpc) is 2.56. The third-order valence-corrected chi connectivity index (χ3v) is 4.87. The molecule has 0 fully saturated rings. The van der Waals surface area contributed by atoms with E-state index in [1.54, 1.807) is 0 Å². The van der Waals surface area contributed by atoms with Crippen molar-refractivity contribution < 1.29 is 4.79 Å². The number of aromatic nitrogens is 1. The lowest BCUT2D eigenvalue weighted by Crippen LogP contribution is -2.11. The summed E-state index contributed by atoms with van der Waals surface area (Å²) in [5.74, 6) is 0.315. The van der Waals surface area contributed by atoms with Crippen molar-refractivity contribution in [3.63, 3.8) is 0 Å². The summed E-state index contributed by atoms with van der Waals surface area (Å²) in [5, 5.41) is 0. The molecule has 0 radical (unpaired) electrons. The van der Waals surface area contributed by atoms with Gasteiger partial charge in [-0.1, -0.05) is 54.9 Å². The second kappa shape index (κ2) is 10.0. The molecule has 1 heterocycles. The Hall–Kier alpha value is -1.44. The molecule has 0 bridgehead atoms. The van der Waals surface area contributed by atoms with E-state index in [9.17, 15) is 4.79 Å². The van der Waals surface area contributed by atoms with E-state index >= 15 is 0 Å². The fourth-order valence-electron chi connectivity index (χ4n) is 3.08. The molecule has 0 aliphatic rings. The lowest BCUT2D eigenvalue weighted by atomic mass is 9.87. The van der Waals surface area contributed by atoms with Crippen LogP contribution in [-0.4, -0.2) is 10.8 Å². The molecule has 1 aromatic heterocycles. The summed E-state index contributed by atoms with van der Waals surface area (Å²) in [5.41, 5.74) is 5.96. The van der Waals surface area contributed by atoms with E-state index in [1.807, 2.05) is 13.8 Å². The molecule has 2 heteroatoms. The normalized spacial score (nSPS) is 12.7. The van der Waals surface area contributed by atoms with E-state index in [4.69, 9.17) is 4.98 Å². The summed E-state index contributed by atoms with van der Waals surface area (Å²) in [6.07, 6.45) is 8.27. The van der Waals surface area contributed by atoms with Crippen LogP contribution in [0.3, 0.4) is 0 Å². The molecule has 0 saturated carbocycles. The van der Waals surface area contributed by atoms with Crippen molar-refractivity contribution in [1.82, 2.24) is 4.98 Å². The number of hydrogen-bond acceptors (Lipinski definition) is 2. The number of rotatable bonds is 9. The fourth-order valence-corrected chi connectivity index (χ4v) is 3.08. The Labute approximate surface area is 161 Å². The highest BCUT2D eigenvalue weighted by Gasteiger charge is 2.16. The highest BCUT2D eigenvalue weighted by Crippen LogP contribution is 2.26. The Morgan fingerprint density at radius 1 is 1.23 bits per heavy atom. The maximum Gasteiger partial charge on any atom is 0.161 e. The second-order valence-electron chi connectivity index (χ2n) is 8.98. The van der Waals surface area contributed by atoms with Crippen molar-refractivity contribution in [3.8, 4) is 0 Å². The van der Waals surface area contributed by atoms with E-state index in [0.717, 1.165) is 55.4 Å². The number of hydrogen-bond donors (Lipinski definition) is 0. The van der Waals surface area contributed by atoms with E-state index in [2.05, 4.69) is 53.7 Å². The first kappa shape index (κ1) is 22.6. The summed E-state index contributed by atoms with van der Waals surface area (Å²) < 4.78 is 0. The minimum atomic E-state index is 0.0432. The monoisotopic (exact) mass is 357 g/mol. The zero-order valence-corrected chi connectivity index (χ0v) is 18.3. The Morgan fingerprint density at radius 2 is 1.88 bits per heavy atom. The van der Waals surface area contributed by atoms with Crippen LogP contribution in [0, 0.1) is 18.3 Å². The smallest absolute Gasteiger partial charge is 0.161 e. The van der Waals surface area contributed by atoms with Crippen LogP contribution in [0.2, 0.25) is 0 Å². The Balaban J connectivity index is 3.28. The molecule has 0 aliphatic carbocycles. The topological polar surface area (TPSA) is 30.0 Å². The van der Waals surface area contributed by atoms with Crippen LogP contribution in [0.5, 0.6) is 0 Å². The van der Waals surface area contributed by atoms with Crippen molar-refractivity contribution in [1.29, 1.82) is 0 Å². The van der Waals surface area contributed by atoms with Crippen LogP contribution in [0.4, 0.5) is 0 Å². The number of ketones is 1. The predicted octanol–water partition coefficient (Wildman–Crippen LogP) is 6.73. The van der Waals surface area contributed by atoms with Crippen LogP contribution in [-0.2, 0) is 17.6 Å². The van der Waals surface area contributed by atoms with Gasteiger partial charge in [0.1, 0.15) is 0 Å². The highest BCUT2D eigenvalue weighted by atomic mass is 16.1. The molecule has 26 heavy (non-hydrogen) atoms. The number of nitrogens with zero attached hydrogens (tertiary/aromatic N) is 1. The highest BCUT2D eigenvalue weighted by molar-refractivity contribution is 6.00. The molecule has 0 N–H and O–H groups in total. The third-order valence-electron chi connectivity index (χ3n) is 4.87. The molecule has 1 aromatic rings. The first-order valence-electron chi connectivity index (χ1n) is 10.3. The number of allylic oxidation sites excluding steroid dienone is 1. The van der Waals surface area contributed by atoms with Gasteiger partial charge in [-0.05, 0) is 73.3 Å². The fraction of sp³-hybridized carbons (Fsp3) is 0.667. The van der Waals surface area contributed by atoms with Crippen LogP contribution in [0.25, 0.3) is 6.08 Å². The predicted molar refractivity (Wildman–Crippen MR) is 113 cm³/mol. The van der Waals surface area contributed by atoms with Gasteiger partial charge in [-0.25, -0.2) is 0 Å². The number of Topliss-reactive ketones (excluding diaryl/α,β-unsaturated/α-hetero) is 1. The first-order chi connectivity index (χ1) is 12.1. The van der Waals surface area contributed by atoms with Gasteiger partial charge in [0.25, 0.3) is 0 Å². The summed E-state index contributed by atoms with van der Waals surface area (Å²) >= 11 is 0. The number of pyridine rings is 1. The van der Waals surface area contributed by atoms with E-state index in [1.165, 1.54) is 11.3 Å². The molecule has 0 spiro atoms. The van der Waals surface area contributed by atoms with Crippen molar-refractivity contribution in [2.45, 2.75) is 93.9 Å². The van der Waals surface area contributed by atoms with Crippen molar-refractivity contribution in [3.05, 3.63) is 34.2 Å². The standard InChI is InChI=1S/C24H39NO/c1-9-11-12-20(23(26)17(3)4)16-21-15-19(13-14-24(6,7)8)22(10-2)25-18(21)5/h15-17H,9-14H2,1-8H3/b20-16+. The largest absolute Gasteiger partial charge is 0.294 e. The van der Waals surface area contributed by atoms with Crippen molar-refractivity contribution in [2.75, 3.05) is 0 Å². The molecular formula is C24H39NO. The van der Waals surface area contributed by atoms with Crippen LogP contribution >= 0.6 is 0 Å². The quantitative estimate of drug-likeness (QED) is 0.459. The van der Waals surface area contributed by atoms with Gasteiger partial charge in [0.2, 0.25) is 0 Å². The molecule has 0 aliphatic heterocycles. The van der Waals surface area contributed by atoms with Crippen molar-refractivity contribution in [2.24, 2.45) is 11.3 Å². The van der Waals surface area contributed by atoms with Gasteiger partial charge in [-0.2, -0.15) is 0 Å². The first-order valence-corrected chi connectivity index (χ1v) is 10.3. The Bertz CT molecular complexity index is 632. The molecule has 0 aromatic carbocycles. The molecule has 0 unspecified atom stereocenters. The van der Waals surface area contributed by atoms with Gasteiger partial charge in [-0.15, -0.1) is 0 Å². The summed E-state index contributed by atoms with van der Waals surface area (Å²) in [4.78, 5) is 17.5. The van der Waals surface area contributed by atoms with E-state index in [-0.39, 0.29) is 11.7 Å². The SMILES string of the molecule is CCCC/C(=C\c1cc(CCC(C)(C)C)c(CC)nc1C)C(=O)C(C)C. The van der Waals surface area contributed by atoms with Crippen LogP contribution in [0.15, 0.2) is 11.6 Å². The Morgan fingerprint density at radius 3 is 2.38 bits per heavy atom. The minimum absolute atomic E-state index is 0.0432. The molecule has 2 nitrogen and oxygen atoms in total. The molecule has 146 valence electrons. The van der Waals surface area contributed by atoms with Crippen LogP contribution in [0.1, 0.15) is 96.7 Å². The van der Waals surface area contributed by atoms with Gasteiger partial charge in [-0.3, -0.25) is 9.78 Å². The van der Waals surface area contributed by atoms with Crippen LogP contribution < -0.4 is 0 Å². The Kier molecular flexibility index (Phi) is 8.73. The molecular weight excluding hydrogens is 318 g/mol. The maximum absolute atomic E-state index is 12.6. The molecule has 1 rings (SSSR count). The van der Waals surface area contributed by atoms with Gasteiger partial charge in [0.15, 0.2) is 5.78 Å². The number of aryl methyl sites for hydroxylation is 3. The van der Waals surface area contributed by atoms with Crippen molar-refractivity contribution >= 4 is 11.9 Å². The van der Waals surface area contributed by atoms with E-state index in [0.29, 0.717) is 5.41 Å². The van der Waals surface area contributed by atoms with Gasteiger partial charge in [0.05, 0.1) is 0 Å². The number of carbonyl (C=O) groups excluding carboxylic acids is 1. The van der Waals surface area contributed by atoms with Gasteiger partial charge in [0, 0.05) is 17.3 Å². The maximum atomic E-state index is 12.6. The lowest BCUT2D eigenvalue weighted by Gasteiger charge is -2.19. The van der Waals surface area contributed by atoms with Gasteiger partial charge >= 0.3 is 0 Å². The molecule has 0 amide bonds. The number of unbranched alkanes of at least 4 members (excludes halogenated alkanes) is 1. The zero-order valence-electron chi connectivity index (χ0n) is 18.3. The molecule has 0 saturated heterocycles. The van der Waals surface area contributed by atoms with E-state index < -0.39 is 0 Å². The summed E-state index contributed by atoms with van der Waals surface area (Å²) in [6, 6.07) is 2.28.